The Kier molecular flexibility index (Phi) is 7.18. The van der Waals surface area contributed by atoms with E-state index >= 15 is 0 Å². The maximum atomic E-state index is 13.7. The van der Waals surface area contributed by atoms with Crippen molar-refractivity contribution >= 4 is 22.5 Å². The lowest BCUT2D eigenvalue weighted by molar-refractivity contribution is -0.121. The zero-order valence-corrected chi connectivity index (χ0v) is 21.3. The van der Waals surface area contributed by atoms with Crippen molar-refractivity contribution in [1.82, 2.24) is 14.1 Å². The largest absolute Gasteiger partial charge is 0.331 e. The SMILES string of the molecule is Cc1cccc2c1c(=O)n(CC1CCC(C(=O)Nc3ccncc3)CC1)c(=O)n2Cc1ccccc1C#N. The van der Waals surface area contributed by atoms with Crippen molar-refractivity contribution in [3.05, 3.63) is 105 Å². The molecular weight excluding hydrogens is 478 g/mol. The number of benzene rings is 2. The Morgan fingerprint density at radius 2 is 1.74 bits per heavy atom. The lowest BCUT2D eigenvalue weighted by atomic mass is 9.81. The molecule has 2 heterocycles. The molecular formula is C30H29N5O3. The molecule has 1 amide bonds. The van der Waals surface area contributed by atoms with Gasteiger partial charge in [-0.2, -0.15) is 5.26 Å². The van der Waals surface area contributed by atoms with Gasteiger partial charge < -0.3 is 5.32 Å². The summed E-state index contributed by atoms with van der Waals surface area (Å²) in [7, 11) is 0. The van der Waals surface area contributed by atoms with E-state index in [2.05, 4.69) is 16.4 Å². The second kappa shape index (κ2) is 10.9. The third kappa shape index (κ3) is 5.00. The van der Waals surface area contributed by atoms with E-state index in [4.69, 9.17) is 0 Å². The Bertz CT molecular complexity index is 1640. The van der Waals surface area contributed by atoms with Crippen LogP contribution in [0.5, 0.6) is 0 Å². The number of hydrogen-bond acceptors (Lipinski definition) is 5. The van der Waals surface area contributed by atoms with Crippen LogP contribution < -0.4 is 16.6 Å². The van der Waals surface area contributed by atoms with Crippen molar-refractivity contribution in [2.45, 2.75) is 45.7 Å². The molecule has 0 atom stereocenters. The van der Waals surface area contributed by atoms with Crippen molar-refractivity contribution in [2.75, 3.05) is 5.32 Å². The van der Waals surface area contributed by atoms with Crippen LogP contribution in [0, 0.1) is 30.1 Å². The minimum atomic E-state index is -0.376. The van der Waals surface area contributed by atoms with Crippen LogP contribution in [0.1, 0.15) is 42.4 Å². The van der Waals surface area contributed by atoms with E-state index in [9.17, 15) is 19.6 Å². The van der Waals surface area contributed by atoms with E-state index in [-0.39, 0.29) is 35.5 Å². The number of carbonyl (C=O) groups excluding carboxylic acids is 1. The van der Waals surface area contributed by atoms with Crippen LogP contribution in [0.4, 0.5) is 5.69 Å². The van der Waals surface area contributed by atoms with Crippen molar-refractivity contribution < 1.29 is 4.79 Å². The molecule has 2 aromatic carbocycles. The number of aryl methyl sites for hydroxylation is 1. The maximum absolute atomic E-state index is 13.7. The third-order valence-corrected chi connectivity index (χ3v) is 7.53. The summed E-state index contributed by atoms with van der Waals surface area (Å²) in [6, 6.07) is 18.4. The van der Waals surface area contributed by atoms with Crippen LogP contribution in [-0.4, -0.2) is 20.0 Å². The predicted octanol–water partition coefficient (Wildman–Crippen LogP) is 4.23. The predicted molar refractivity (Wildman–Crippen MR) is 146 cm³/mol. The summed E-state index contributed by atoms with van der Waals surface area (Å²) < 4.78 is 2.96. The highest BCUT2D eigenvalue weighted by molar-refractivity contribution is 5.92. The van der Waals surface area contributed by atoms with Crippen LogP contribution in [0.3, 0.4) is 0 Å². The number of aromatic nitrogens is 3. The van der Waals surface area contributed by atoms with Gasteiger partial charge in [0.1, 0.15) is 0 Å². The normalized spacial score (nSPS) is 17.2. The Morgan fingerprint density at radius 1 is 1.00 bits per heavy atom. The number of fused-ring (bicyclic) bond motifs is 1. The van der Waals surface area contributed by atoms with Gasteiger partial charge in [0.05, 0.1) is 29.1 Å². The third-order valence-electron chi connectivity index (χ3n) is 7.53. The van der Waals surface area contributed by atoms with Gasteiger partial charge in [0.25, 0.3) is 5.56 Å². The zero-order valence-electron chi connectivity index (χ0n) is 21.3. The molecule has 1 N–H and O–H groups in total. The first-order valence-corrected chi connectivity index (χ1v) is 12.9. The van der Waals surface area contributed by atoms with Crippen molar-refractivity contribution in [1.29, 1.82) is 5.26 Å². The summed E-state index contributed by atoms with van der Waals surface area (Å²) in [5.74, 6) is 0.00692. The lowest BCUT2D eigenvalue weighted by Gasteiger charge is -2.28. The van der Waals surface area contributed by atoms with Gasteiger partial charge in [-0.05, 0) is 73.9 Å². The first-order chi connectivity index (χ1) is 18.5. The number of amides is 1. The van der Waals surface area contributed by atoms with Crippen LogP contribution >= 0.6 is 0 Å². The van der Waals surface area contributed by atoms with Gasteiger partial charge in [-0.3, -0.25) is 23.7 Å². The van der Waals surface area contributed by atoms with Gasteiger partial charge >= 0.3 is 5.69 Å². The summed E-state index contributed by atoms with van der Waals surface area (Å²) in [5, 5.41) is 13.0. The number of rotatable bonds is 6. The molecule has 4 aromatic rings. The first-order valence-electron chi connectivity index (χ1n) is 12.9. The number of anilines is 1. The fraction of sp³-hybridized carbons (Fsp3) is 0.300. The molecule has 0 aliphatic heterocycles. The molecule has 8 heteroatoms. The molecule has 8 nitrogen and oxygen atoms in total. The molecule has 1 fully saturated rings. The quantitative estimate of drug-likeness (QED) is 0.420. The number of pyridine rings is 1. The molecule has 0 radical (unpaired) electrons. The number of nitrogens with one attached hydrogen (secondary N) is 1. The average Bonchev–Trinajstić information content (AvgIpc) is 2.94. The maximum Gasteiger partial charge on any atom is 0.331 e. The van der Waals surface area contributed by atoms with Crippen LogP contribution in [0.2, 0.25) is 0 Å². The number of hydrogen-bond donors (Lipinski definition) is 1. The van der Waals surface area contributed by atoms with E-state index in [1.54, 1.807) is 47.3 Å². The monoisotopic (exact) mass is 507 g/mol. The summed E-state index contributed by atoms with van der Waals surface area (Å²) in [6.45, 7) is 2.38. The molecule has 5 rings (SSSR count). The summed E-state index contributed by atoms with van der Waals surface area (Å²) >= 11 is 0. The highest BCUT2D eigenvalue weighted by Crippen LogP contribution is 2.30. The van der Waals surface area contributed by atoms with Crippen LogP contribution in [0.15, 0.2) is 76.6 Å². The van der Waals surface area contributed by atoms with Gasteiger partial charge in [-0.25, -0.2) is 4.79 Å². The highest BCUT2D eigenvalue weighted by atomic mass is 16.2. The van der Waals surface area contributed by atoms with Gasteiger partial charge in [0.15, 0.2) is 0 Å². The fourth-order valence-corrected chi connectivity index (χ4v) is 5.42. The van der Waals surface area contributed by atoms with Gasteiger partial charge in [-0.15, -0.1) is 0 Å². The molecule has 1 aliphatic carbocycles. The number of nitriles is 1. The number of carbonyl (C=O) groups is 1. The van der Waals surface area contributed by atoms with Gasteiger partial charge in [-0.1, -0.05) is 30.3 Å². The van der Waals surface area contributed by atoms with E-state index < -0.39 is 0 Å². The molecule has 192 valence electrons. The van der Waals surface area contributed by atoms with Crippen molar-refractivity contribution in [3.63, 3.8) is 0 Å². The van der Waals surface area contributed by atoms with E-state index in [0.717, 1.165) is 29.7 Å². The minimum absolute atomic E-state index is 0.00772. The molecule has 1 aliphatic rings. The average molecular weight is 508 g/mol. The molecule has 38 heavy (non-hydrogen) atoms. The lowest BCUT2D eigenvalue weighted by Crippen LogP contribution is -2.42. The second-order valence-corrected chi connectivity index (χ2v) is 9.97. The van der Waals surface area contributed by atoms with E-state index in [1.807, 2.05) is 31.2 Å². The van der Waals surface area contributed by atoms with Gasteiger partial charge in [0.2, 0.25) is 5.91 Å². The topological polar surface area (TPSA) is 110 Å². The van der Waals surface area contributed by atoms with Crippen LogP contribution in [0.25, 0.3) is 10.9 Å². The molecule has 0 saturated heterocycles. The molecule has 0 unspecified atom stereocenters. The minimum Gasteiger partial charge on any atom is -0.326 e. The Morgan fingerprint density at radius 3 is 2.47 bits per heavy atom. The van der Waals surface area contributed by atoms with Gasteiger partial charge in [0, 0.05) is 30.5 Å². The highest BCUT2D eigenvalue weighted by Gasteiger charge is 2.28. The van der Waals surface area contributed by atoms with Crippen LogP contribution in [-0.2, 0) is 17.9 Å². The Labute approximate surface area is 220 Å². The Hall–Kier alpha value is -4.51. The summed E-state index contributed by atoms with van der Waals surface area (Å²) in [4.78, 5) is 44.0. The zero-order chi connectivity index (χ0) is 26.6. The van der Waals surface area contributed by atoms with E-state index in [0.29, 0.717) is 35.9 Å². The Balaban J connectivity index is 1.41. The standard InChI is InChI=1S/C30H29N5O3/c1-20-5-4-8-26-27(20)29(37)35(30(38)34(26)19-24-7-3-2-6-23(24)17-31)18-21-9-11-22(12-10-21)28(36)33-25-13-15-32-16-14-25/h2-8,13-16,21-22H,9-12,18-19H2,1H3,(H,32,33,36). The molecule has 2 aromatic heterocycles. The number of nitrogens with zero attached hydrogens (tertiary/aromatic N) is 4. The fourth-order valence-electron chi connectivity index (χ4n) is 5.42. The summed E-state index contributed by atoms with van der Waals surface area (Å²) in [6.07, 6.45) is 6.19. The van der Waals surface area contributed by atoms with E-state index in [1.165, 1.54) is 4.57 Å². The first kappa shape index (κ1) is 25.2. The molecule has 0 bridgehead atoms. The molecule has 0 spiro atoms. The second-order valence-electron chi connectivity index (χ2n) is 9.97. The molecule has 1 saturated carbocycles. The van der Waals surface area contributed by atoms with Crippen molar-refractivity contribution in [3.8, 4) is 6.07 Å². The smallest absolute Gasteiger partial charge is 0.326 e. The summed E-state index contributed by atoms with van der Waals surface area (Å²) in [5.41, 5.74) is 2.67. The van der Waals surface area contributed by atoms with Crippen molar-refractivity contribution in [2.24, 2.45) is 11.8 Å².